The third-order valence-electron chi connectivity index (χ3n) is 2.82. The van der Waals surface area contributed by atoms with Gasteiger partial charge in [-0.15, -0.1) is 0 Å². The highest BCUT2D eigenvalue weighted by molar-refractivity contribution is 5.97. The van der Waals surface area contributed by atoms with Gasteiger partial charge in [0.05, 0.1) is 0 Å². The van der Waals surface area contributed by atoms with Crippen molar-refractivity contribution in [3.05, 3.63) is 65.0 Å². The fourth-order valence-corrected chi connectivity index (χ4v) is 1.67. The van der Waals surface area contributed by atoms with E-state index in [4.69, 9.17) is 4.74 Å². The molecular weight excluding hydrogens is 259 g/mol. The lowest BCUT2D eigenvalue weighted by Crippen LogP contribution is -2.12. The number of benzene rings is 2. The summed E-state index contributed by atoms with van der Waals surface area (Å²) in [7, 11) is 0. The topological polar surface area (TPSA) is 43.4 Å². The summed E-state index contributed by atoms with van der Waals surface area (Å²) in [6, 6.07) is 10.9. The summed E-state index contributed by atoms with van der Waals surface area (Å²) < 4.78 is 18.7. The van der Waals surface area contributed by atoms with Crippen molar-refractivity contribution in [3.8, 4) is 5.75 Å². The fourth-order valence-electron chi connectivity index (χ4n) is 1.67. The van der Waals surface area contributed by atoms with Gasteiger partial charge in [0.1, 0.15) is 6.29 Å². The van der Waals surface area contributed by atoms with Crippen molar-refractivity contribution in [2.24, 2.45) is 0 Å². The Balaban J connectivity index is 2.03. The quantitative estimate of drug-likeness (QED) is 0.620. The predicted molar refractivity (Wildman–Crippen MR) is 72.8 cm³/mol. The van der Waals surface area contributed by atoms with Crippen LogP contribution in [0.2, 0.25) is 0 Å². The number of aryl methyl sites for hydroxylation is 1. The van der Waals surface area contributed by atoms with Gasteiger partial charge in [-0.05, 0) is 25.1 Å². The molecule has 0 aliphatic rings. The van der Waals surface area contributed by atoms with Crippen LogP contribution in [0.1, 0.15) is 26.3 Å². The van der Waals surface area contributed by atoms with Gasteiger partial charge < -0.3 is 4.74 Å². The lowest BCUT2D eigenvalue weighted by Gasteiger charge is -2.07. The first-order valence-electron chi connectivity index (χ1n) is 6.07. The Morgan fingerprint density at radius 1 is 1.20 bits per heavy atom. The van der Waals surface area contributed by atoms with Crippen LogP contribution in [0, 0.1) is 12.7 Å². The monoisotopic (exact) mass is 272 g/mol. The van der Waals surface area contributed by atoms with Crippen LogP contribution in [0.25, 0.3) is 0 Å². The molecule has 2 rings (SSSR count). The van der Waals surface area contributed by atoms with E-state index in [2.05, 4.69) is 0 Å². The van der Waals surface area contributed by atoms with Crippen molar-refractivity contribution in [1.82, 2.24) is 0 Å². The summed E-state index contributed by atoms with van der Waals surface area (Å²) in [5, 5.41) is 0. The molecule has 0 saturated heterocycles. The van der Waals surface area contributed by atoms with E-state index in [0.717, 1.165) is 11.6 Å². The summed E-state index contributed by atoms with van der Waals surface area (Å²) in [6.07, 6.45) is 0.546. The molecule has 20 heavy (non-hydrogen) atoms. The van der Waals surface area contributed by atoms with Gasteiger partial charge in [-0.3, -0.25) is 9.59 Å². The Hall–Kier alpha value is -2.49. The van der Waals surface area contributed by atoms with Crippen molar-refractivity contribution in [2.45, 2.75) is 6.92 Å². The molecule has 0 aliphatic heterocycles. The molecule has 2 aromatic carbocycles. The molecule has 0 heterocycles. The highest BCUT2D eigenvalue weighted by atomic mass is 19.1. The Labute approximate surface area is 116 Å². The van der Waals surface area contributed by atoms with E-state index in [1.165, 1.54) is 12.1 Å². The molecule has 0 spiro atoms. The van der Waals surface area contributed by atoms with E-state index in [1.807, 2.05) is 19.1 Å². The Morgan fingerprint density at radius 2 is 1.90 bits per heavy atom. The second-order valence-electron chi connectivity index (χ2n) is 4.39. The number of carbonyl (C=O) groups excluding carboxylic acids is 2. The Morgan fingerprint density at radius 3 is 2.50 bits per heavy atom. The molecule has 0 unspecified atom stereocenters. The maximum Gasteiger partial charge on any atom is 0.200 e. The van der Waals surface area contributed by atoms with Gasteiger partial charge in [-0.1, -0.05) is 29.8 Å². The molecule has 0 radical (unpaired) electrons. The summed E-state index contributed by atoms with van der Waals surface area (Å²) >= 11 is 0. The standard InChI is InChI=1S/C16H13FO3/c1-11-2-5-13(6-3-11)15(19)10-20-16-7-4-12(9-18)8-14(16)17/h2-9H,10H2,1H3. The maximum atomic E-state index is 13.5. The van der Waals surface area contributed by atoms with Crippen molar-refractivity contribution < 1.29 is 18.7 Å². The molecule has 4 heteroatoms. The molecule has 0 aromatic heterocycles. The first-order valence-corrected chi connectivity index (χ1v) is 6.07. The van der Waals surface area contributed by atoms with E-state index in [1.54, 1.807) is 12.1 Å². The number of rotatable bonds is 5. The molecule has 0 aliphatic carbocycles. The number of halogens is 1. The Bertz CT molecular complexity index is 633. The number of carbonyl (C=O) groups is 2. The van der Waals surface area contributed by atoms with Gasteiger partial charge in [0.2, 0.25) is 0 Å². The first kappa shape index (κ1) is 13.9. The lowest BCUT2D eigenvalue weighted by atomic mass is 10.1. The normalized spacial score (nSPS) is 10.1. The van der Waals surface area contributed by atoms with E-state index in [0.29, 0.717) is 11.8 Å². The summed E-state index contributed by atoms with van der Waals surface area (Å²) in [4.78, 5) is 22.3. The number of ketones is 1. The zero-order valence-corrected chi connectivity index (χ0v) is 10.9. The minimum atomic E-state index is -0.661. The summed E-state index contributed by atoms with van der Waals surface area (Å²) in [6.45, 7) is 1.68. The van der Waals surface area contributed by atoms with E-state index in [-0.39, 0.29) is 23.7 Å². The molecule has 3 nitrogen and oxygen atoms in total. The Kier molecular flexibility index (Phi) is 4.25. The minimum Gasteiger partial charge on any atom is -0.482 e. The van der Waals surface area contributed by atoms with Crippen LogP contribution in [0.5, 0.6) is 5.75 Å². The second-order valence-corrected chi connectivity index (χ2v) is 4.39. The van der Waals surface area contributed by atoms with Crippen molar-refractivity contribution in [2.75, 3.05) is 6.61 Å². The highest BCUT2D eigenvalue weighted by Gasteiger charge is 2.09. The lowest BCUT2D eigenvalue weighted by molar-refractivity contribution is 0.0918. The van der Waals surface area contributed by atoms with Crippen LogP contribution < -0.4 is 4.74 Å². The predicted octanol–water partition coefficient (Wildman–Crippen LogP) is 3.21. The van der Waals surface area contributed by atoms with Gasteiger partial charge in [0, 0.05) is 11.1 Å². The number of aldehydes is 1. The number of Topliss-reactive ketones (excluding diaryl/α,β-unsaturated/α-hetero) is 1. The smallest absolute Gasteiger partial charge is 0.200 e. The van der Waals surface area contributed by atoms with Crippen molar-refractivity contribution >= 4 is 12.1 Å². The van der Waals surface area contributed by atoms with Gasteiger partial charge in [0.25, 0.3) is 0 Å². The van der Waals surface area contributed by atoms with E-state index in [9.17, 15) is 14.0 Å². The van der Waals surface area contributed by atoms with Crippen LogP contribution >= 0.6 is 0 Å². The van der Waals surface area contributed by atoms with Crippen LogP contribution in [0.4, 0.5) is 4.39 Å². The van der Waals surface area contributed by atoms with E-state index < -0.39 is 5.82 Å². The minimum absolute atomic E-state index is 0.0453. The summed E-state index contributed by atoms with van der Waals surface area (Å²) in [5.74, 6) is -0.939. The molecule has 0 atom stereocenters. The first-order chi connectivity index (χ1) is 9.60. The molecule has 0 saturated carbocycles. The number of hydrogen-bond acceptors (Lipinski definition) is 3. The zero-order chi connectivity index (χ0) is 14.5. The maximum absolute atomic E-state index is 13.5. The van der Waals surface area contributed by atoms with Gasteiger partial charge in [-0.25, -0.2) is 4.39 Å². The van der Waals surface area contributed by atoms with Gasteiger partial charge in [0.15, 0.2) is 24.0 Å². The van der Waals surface area contributed by atoms with Crippen LogP contribution in [0.15, 0.2) is 42.5 Å². The molecule has 0 N–H and O–H groups in total. The average molecular weight is 272 g/mol. The van der Waals surface area contributed by atoms with Gasteiger partial charge in [-0.2, -0.15) is 0 Å². The zero-order valence-electron chi connectivity index (χ0n) is 10.9. The van der Waals surface area contributed by atoms with E-state index >= 15 is 0 Å². The molecule has 0 bridgehead atoms. The fraction of sp³-hybridized carbons (Fsp3) is 0.125. The molecule has 0 amide bonds. The third kappa shape index (κ3) is 3.29. The third-order valence-corrected chi connectivity index (χ3v) is 2.82. The largest absolute Gasteiger partial charge is 0.482 e. The van der Waals surface area contributed by atoms with Gasteiger partial charge >= 0.3 is 0 Å². The van der Waals surface area contributed by atoms with Crippen molar-refractivity contribution in [1.29, 1.82) is 0 Å². The molecular formula is C16H13FO3. The average Bonchev–Trinajstić information content (AvgIpc) is 2.46. The molecule has 2 aromatic rings. The SMILES string of the molecule is Cc1ccc(C(=O)COc2ccc(C=O)cc2F)cc1. The summed E-state index contributed by atoms with van der Waals surface area (Å²) in [5.41, 5.74) is 1.79. The van der Waals surface area contributed by atoms with Crippen LogP contribution in [-0.4, -0.2) is 18.7 Å². The number of ether oxygens (including phenoxy) is 1. The molecule has 0 fully saturated rings. The number of hydrogen-bond donors (Lipinski definition) is 0. The van der Waals surface area contributed by atoms with Crippen molar-refractivity contribution in [3.63, 3.8) is 0 Å². The second kappa shape index (κ2) is 6.10. The molecule has 102 valence electrons. The highest BCUT2D eigenvalue weighted by Crippen LogP contribution is 2.18. The van der Waals surface area contributed by atoms with Crippen LogP contribution in [0.3, 0.4) is 0 Å². The van der Waals surface area contributed by atoms with Crippen LogP contribution in [-0.2, 0) is 0 Å².